The van der Waals surface area contributed by atoms with Crippen LogP contribution in [-0.4, -0.2) is 67.9 Å². The Bertz CT molecular complexity index is 899. The highest BCUT2D eigenvalue weighted by molar-refractivity contribution is 7.89. The quantitative estimate of drug-likeness (QED) is 0.713. The first-order chi connectivity index (χ1) is 14.8. The molecule has 1 N–H and O–H groups in total. The van der Waals surface area contributed by atoms with Gasteiger partial charge in [-0.1, -0.05) is 0 Å². The SMILES string of the molecule is O=C(c1ccco1)N1CCN(S(=O)(=O)CCNC(=O)C23CC4CC(CC(C4)C2)C3)CC1. The number of hydrogen-bond acceptors (Lipinski definition) is 5. The largest absolute Gasteiger partial charge is 0.459 e. The van der Waals surface area contributed by atoms with Crippen LogP contribution in [0.4, 0.5) is 0 Å². The molecule has 4 bridgehead atoms. The van der Waals surface area contributed by atoms with Crippen molar-refractivity contribution >= 4 is 21.8 Å². The van der Waals surface area contributed by atoms with E-state index < -0.39 is 10.0 Å². The molecule has 6 rings (SSSR count). The van der Waals surface area contributed by atoms with E-state index in [9.17, 15) is 18.0 Å². The first-order valence-corrected chi connectivity index (χ1v) is 13.0. The smallest absolute Gasteiger partial charge is 0.289 e. The van der Waals surface area contributed by atoms with Gasteiger partial charge in [-0.2, -0.15) is 4.31 Å². The molecule has 2 heterocycles. The van der Waals surface area contributed by atoms with Crippen molar-refractivity contribution in [2.45, 2.75) is 38.5 Å². The summed E-state index contributed by atoms with van der Waals surface area (Å²) in [7, 11) is -3.48. The summed E-state index contributed by atoms with van der Waals surface area (Å²) < 4.78 is 32.1. The Kier molecular flexibility index (Phi) is 5.37. The number of hydrogen-bond donors (Lipinski definition) is 1. The number of rotatable bonds is 6. The third kappa shape index (κ3) is 4.02. The lowest BCUT2D eigenvalue weighted by Gasteiger charge is -2.55. The molecule has 0 spiro atoms. The van der Waals surface area contributed by atoms with E-state index in [1.165, 1.54) is 29.8 Å². The molecular weight excluding hydrogens is 418 g/mol. The Hall–Kier alpha value is -1.87. The van der Waals surface area contributed by atoms with E-state index in [0.29, 0.717) is 30.8 Å². The molecule has 0 unspecified atom stereocenters. The zero-order valence-corrected chi connectivity index (χ0v) is 18.6. The molecule has 0 aromatic carbocycles. The van der Waals surface area contributed by atoms with Gasteiger partial charge in [-0.15, -0.1) is 0 Å². The van der Waals surface area contributed by atoms with Gasteiger partial charge in [-0.25, -0.2) is 8.42 Å². The van der Waals surface area contributed by atoms with Crippen LogP contribution in [0.25, 0.3) is 0 Å². The summed E-state index contributed by atoms with van der Waals surface area (Å²) in [5, 5.41) is 2.96. The highest BCUT2D eigenvalue weighted by Crippen LogP contribution is 2.60. The molecule has 0 atom stereocenters. The van der Waals surface area contributed by atoms with Crippen molar-refractivity contribution in [2.75, 3.05) is 38.5 Å². The normalized spacial score (nSPS) is 32.9. The molecule has 8 nitrogen and oxygen atoms in total. The molecule has 1 aromatic rings. The molecule has 4 aliphatic carbocycles. The van der Waals surface area contributed by atoms with Gasteiger partial charge >= 0.3 is 0 Å². The van der Waals surface area contributed by atoms with Gasteiger partial charge < -0.3 is 14.6 Å². The summed E-state index contributed by atoms with van der Waals surface area (Å²) in [4.78, 5) is 27.0. The molecular formula is C22H31N3O5S. The van der Waals surface area contributed by atoms with E-state index in [4.69, 9.17) is 4.42 Å². The second kappa shape index (κ2) is 7.92. The Morgan fingerprint density at radius 1 is 1.03 bits per heavy atom. The van der Waals surface area contributed by atoms with E-state index in [1.807, 2.05) is 0 Å². The number of furan rings is 1. The molecule has 0 radical (unpaired) electrons. The van der Waals surface area contributed by atoms with Gasteiger partial charge in [0, 0.05) is 38.1 Å². The van der Waals surface area contributed by atoms with Crippen molar-refractivity contribution < 1.29 is 22.4 Å². The van der Waals surface area contributed by atoms with Gasteiger partial charge in [0.05, 0.1) is 12.0 Å². The number of nitrogens with one attached hydrogen (secondary N) is 1. The zero-order valence-electron chi connectivity index (χ0n) is 17.8. The van der Waals surface area contributed by atoms with Crippen molar-refractivity contribution in [1.29, 1.82) is 0 Å². The maximum Gasteiger partial charge on any atom is 0.289 e. The fourth-order valence-corrected chi connectivity index (χ4v) is 8.06. The molecule has 170 valence electrons. The van der Waals surface area contributed by atoms with Crippen LogP contribution >= 0.6 is 0 Å². The summed E-state index contributed by atoms with van der Waals surface area (Å²) in [5.41, 5.74) is -0.254. The maximum atomic E-state index is 13.0. The third-order valence-electron chi connectivity index (χ3n) is 7.82. The van der Waals surface area contributed by atoms with Crippen LogP contribution in [0, 0.1) is 23.2 Å². The van der Waals surface area contributed by atoms with Crippen molar-refractivity contribution in [2.24, 2.45) is 23.2 Å². The van der Waals surface area contributed by atoms with Crippen molar-refractivity contribution in [1.82, 2.24) is 14.5 Å². The first-order valence-electron chi connectivity index (χ1n) is 11.4. The average molecular weight is 450 g/mol. The fraction of sp³-hybridized carbons (Fsp3) is 0.727. The van der Waals surface area contributed by atoms with E-state index in [1.54, 1.807) is 17.0 Å². The second-order valence-corrected chi connectivity index (χ2v) is 12.0. The molecule has 9 heteroatoms. The third-order valence-corrected chi connectivity index (χ3v) is 9.69. The summed E-state index contributed by atoms with van der Waals surface area (Å²) >= 11 is 0. The summed E-state index contributed by atoms with van der Waals surface area (Å²) in [6.45, 7) is 1.33. The number of nitrogens with zero attached hydrogens (tertiary/aromatic N) is 2. The Balaban J connectivity index is 1.11. The summed E-state index contributed by atoms with van der Waals surface area (Å²) in [6.07, 6.45) is 8.20. The number of amides is 2. The van der Waals surface area contributed by atoms with Crippen LogP contribution in [-0.2, 0) is 14.8 Å². The minimum Gasteiger partial charge on any atom is -0.459 e. The van der Waals surface area contributed by atoms with E-state index >= 15 is 0 Å². The Morgan fingerprint density at radius 2 is 1.65 bits per heavy atom. The van der Waals surface area contributed by atoms with E-state index in [0.717, 1.165) is 19.3 Å². The first kappa shape index (κ1) is 21.0. The topological polar surface area (TPSA) is 99.9 Å². The zero-order chi connectivity index (χ0) is 21.6. The molecule has 5 fully saturated rings. The second-order valence-electron chi connectivity index (χ2n) is 9.94. The molecule has 4 saturated carbocycles. The maximum absolute atomic E-state index is 13.0. The lowest BCUT2D eigenvalue weighted by atomic mass is 9.49. The van der Waals surface area contributed by atoms with Crippen molar-refractivity contribution in [3.8, 4) is 0 Å². The van der Waals surface area contributed by atoms with Crippen LogP contribution in [0.2, 0.25) is 0 Å². The molecule has 1 aliphatic heterocycles. The number of carbonyl (C=O) groups excluding carboxylic acids is 2. The fourth-order valence-electron chi connectivity index (χ4n) is 6.72. The number of sulfonamides is 1. The van der Waals surface area contributed by atoms with Gasteiger partial charge in [-0.05, 0) is 68.4 Å². The highest BCUT2D eigenvalue weighted by atomic mass is 32.2. The van der Waals surface area contributed by atoms with Crippen molar-refractivity contribution in [3.63, 3.8) is 0 Å². The average Bonchev–Trinajstić information content (AvgIpc) is 3.27. The van der Waals surface area contributed by atoms with E-state index in [-0.39, 0.29) is 48.4 Å². The van der Waals surface area contributed by atoms with Gasteiger partial charge in [0.25, 0.3) is 5.91 Å². The van der Waals surface area contributed by atoms with Gasteiger partial charge in [0.2, 0.25) is 15.9 Å². The van der Waals surface area contributed by atoms with Crippen LogP contribution in [0.1, 0.15) is 49.1 Å². The van der Waals surface area contributed by atoms with Gasteiger partial charge in [-0.3, -0.25) is 9.59 Å². The van der Waals surface area contributed by atoms with Crippen molar-refractivity contribution in [3.05, 3.63) is 24.2 Å². The monoisotopic (exact) mass is 449 g/mol. The minimum absolute atomic E-state index is 0.0654. The molecule has 1 aromatic heterocycles. The van der Waals surface area contributed by atoms with Crippen LogP contribution in [0.5, 0.6) is 0 Å². The number of carbonyl (C=O) groups is 2. The van der Waals surface area contributed by atoms with Crippen LogP contribution < -0.4 is 5.32 Å². The predicted octanol–water partition coefficient (Wildman–Crippen LogP) is 1.70. The standard InChI is InChI=1S/C22H31N3O5S/c26-20(19-2-1-8-30-19)24-4-6-25(7-5-24)31(28,29)9-3-23-21(27)22-13-16-10-17(14-22)12-18(11-16)15-22/h1-2,8,16-18H,3-7,9-15H2,(H,23,27). The van der Waals surface area contributed by atoms with Gasteiger partial charge in [0.15, 0.2) is 5.76 Å². The minimum atomic E-state index is -3.48. The van der Waals surface area contributed by atoms with E-state index in [2.05, 4.69) is 5.32 Å². The Labute approximate surface area is 183 Å². The summed E-state index contributed by atoms with van der Waals surface area (Å²) in [5.74, 6) is 2.06. The number of piperazine rings is 1. The molecule has 2 amide bonds. The molecule has 1 saturated heterocycles. The predicted molar refractivity (Wildman–Crippen MR) is 114 cm³/mol. The lowest BCUT2D eigenvalue weighted by Crippen LogP contribution is -2.54. The molecule has 31 heavy (non-hydrogen) atoms. The highest BCUT2D eigenvalue weighted by Gasteiger charge is 2.54. The molecule has 5 aliphatic rings. The summed E-state index contributed by atoms with van der Waals surface area (Å²) in [6, 6.07) is 3.27. The van der Waals surface area contributed by atoms with Crippen LogP contribution in [0.15, 0.2) is 22.8 Å². The Morgan fingerprint density at radius 3 is 2.19 bits per heavy atom. The lowest BCUT2D eigenvalue weighted by molar-refractivity contribution is -0.146. The van der Waals surface area contributed by atoms with Crippen LogP contribution in [0.3, 0.4) is 0 Å². The van der Waals surface area contributed by atoms with Gasteiger partial charge in [0.1, 0.15) is 0 Å².